The molecule has 1 aliphatic carbocycles. The quantitative estimate of drug-likeness (QED) is 0.883. The Bertz CT molecular complexity index is 462. The molecule has 3 heteroatoms. The molecule has 1 aromatic carbocycles. The van der Waals surface area contributed by atoms with E-state index in [9.17, 15) is 4.79 Å². The van der Waals surface area contributed by atoms with E-state index in [4.69, 9.17) is 4.74 Å². The van der Waals surface area contributed by atoms with Gasteiger partial charge in [0.15, 0.2) is 0 Å². The molecule has 0 aliphatic heterocycles. The molecule has 0 aromatic heterocycles. The van der Waals surface area contributed by atoms with Gasteiger partial charge in [-0.15, -0.1) is 0 Å². The number of benzene rings is 1. The monoisotopic (exact) mass is 247 g/mol. The predicted molar refractivity (Wildman–Crippen MR) is 73.1 cm³/mol. The zero-order valence-corrected chi connectivity index (χ0v) is 11.5. The number of methoxy groups -OCH3 is 1. The third-order valence-electron chi connectivity index (χ3n) is 3.66. The van der Waals surface area contributed by atoms with E-state index in [2.05, 4.69) is 19.2 Å². The van der Waals surface area contributed by atoms with Gasteiger partial charge in [0.25, 0.3) is 0 Å². The van der Waals surface area contributed by atoms with Gasteiger partial charge in [-0.1, -0.05) is 20.8 Å². The van der Waals surface area contributed by atoms with Crippen LogP contribution in [-0.4, -0.2) is 13.0 Å². The Morgan fingerprint density at radius 3 is 2.56 bits per heavy atom. The first-order valence-corrected chi connectivity index (χ1v) is 6.46. The van der Waals surface area contributed by atoms with Crippen LogP contribution in [0.25, 0.3) is 0 Å². The van der Waals surface area contributed by atoms with Gasteiger partial charge in [-0.25, -0.2) is 0 Å². The maximum atomic E-state index is 12.0. The molecule has 18 heavy (non-hydrogen) atoms. The largest absolute Gasteiger partial charge is 0.496 e. The lowest BCUT2D eigenvalue weighted by atomic mass is 10.0. The fraction of sp³-hybridized carbons (Fsp3) is 0.533. The van der Waals surface area contributed by atoms with Crippen molar-refractivity contribution in [2.24, 2.45) is 5.41 Å². The molecule has 0 heterocycles. The number of rotatable bonds is 4. The first-order valence-electron chi connectivity index (χ1n) is 6.46. The maximum Gasteiger partial charge on any atom is 0.230 e. The summed E-state index contributed by atoms with van der Waals surface area (Å²) < 4.78 is 5.33. The van der Waals surface area contributed by atoms with Crippen molar-refractivity contribution in [2.45, 2.75) is 39.5 Å². The molecule has 98 valence electrons. The Morgan fingerprint density at radius 1 is 1.39 bits per heavy atom. The van der Waals surface area contributed by atoms with Crippen LogP contribution in [0.3, 0.4) is 0 Å². The maximum absolute atomic E-state index is 12.0. The molecule has 0 saturated heterocycles. The van der Waals surface area contributed by atoms with Crippen LogP contribution in [0, 0.1) is 5.41 Å². The van der Waals surface area contributed by atoms with Crippen molar-refractivity contribution in [2.75, 3.05) is 12.4 Å². The van der Waals surface area contributed by atoms with Crippen molar-refractivity contribution < 1.29 is 9.53 Å². The zero-order chi connectivity index (χ0) is 13.3. The molecule has 0 radical (unpaired) electrons. The molecule has 1 fully saturated rings. The third-order valence-corrected chi connectivity index (χ3v) is 3.66. The van der Waals surface area contributed by atoms with Crippen LogP contribution in [0.4, 0.5) is 5.69 Å². The molecule has 0 atom stereocenters. The second kappa shape index (κ2) is 4.63. The summed E-state index contributed by atoms with van der Waals surface area (Å²) in [6.07, 6.45) is 1.98. The van der Waals surface area contributed by atoms with Crippen molar-refractivity contribution >= 4 is 11.6 Å². The molecule has 1 N–H and O–H groups in total. The number of carbonyl (C=O) groups is 1. The van der Waals surface area contributed by atoms with Crippen LogP contribution in [0.2, 0.25) is 0 Å². The minimum Gasteiger partial charge on any atom is -0.496 e. The number of hydrogen-bond donors (Lipinski definition) is 1. The van der Waals surface area contributed by atoms with Gasteiger partial charge >= 0.3 is 0 Å². The van der Waals surface area contributed by atoms with Crippen LogP contribution >= 0.6 is 0 Å². The standard InChI is InChI=1S/C15H21NO2/c1-10(2)12-9-11(5-6-13(12)18-4)16-14(17)15(3)7-8-15/h5-6,9-10H,7-8H2,1-4H3,(H,16,17). The van der Waals surface area contributed by atoms with Gasteiger partial charge in [-0.3, -0.25) is 4.79 Å². The summed E-state index contributed by atoms with van der Waals surface area (Å²) >= 11 is 0. The minimum absolute atomic E-state index is 0.127. The first-order chi connectivity index (χ1) is 8.46. The van der Waals surface area contributed by atoms with E-state index < -0.39 is 0 Å². The van der Waals surface area contributed by atoms with E-state index in [1.807, 2.05) is 25.1 Å². The summed E-state index contributed by atoms with van der Waals surface area (Å²) in [6.45, 7) is 6.24. The lowest BCUT2D eigenvalue weighted by Crippen LogP contribution is -2.21. The lowest BCUT2D eigenvalue weighted by molar-refractivity contribution is -0.120. The fourth-order valence-corrected chi connectivity index (χ4v) is 1.96. The fourth-order valence-electron chi connectivity index (χ4n) is 1.96. The van der Waals surface area contributed by atoms with E-state index in [1.54, 1.807) is 7.11 Å². The van der Waals surface area contributed by atoms with Gasteiger partial charge in [0.2, 0.25) is 5.91 Å². The molecule has 1 aromatic rings. The molecule has 0 bridgehead atoms. The van der Waals surface area contributed by atoms with Gasteiger partial charge in [-0.05, 0) is 42.5 Å². The molecule has 2 rings (SSSR count). The number of amides is 1. The highest BCUT2D eigenvalue weighted by atomic mass is 16.5. The van der Waals surface area contributed by atoms with E-state index in [0.717, 1.165) is 29.8 Å². The average molecular weight is 247 g/mol. The van der Waals surface area contributed by atoms with Crippen molar-refractivity contribution in [3.63, 3.8) is 0 Å². The average Bonchev–Trinajstić information content (AvgIpc) is 3.08. The Morgan fingerprint density at radius 2 is 2.06 bits per heavy atom. The first kappa shape index (κ1) is 12.9. The molecule has 3 nitrogen and oxygen atoms in total. The number of nitrogens with one attached hydrogen (secondary N) is 1. The number of ether oxygens (including phenoxy) is 1. The predicted octanol–water partition coefficient (Wildman–Crippen LogP) is 3.56. The van der Waals surface area contributed by atoms with E-state index in [1.165, 1.54) is 0 Å². The minimum atomic E-state index is -0.141. The van der Waals surface area contributed by atoms with Gasteiger partial charge in [-0.2, -0.15) is 0 Å². The summed E-state index contributed by atoms with van der Waals surface area (Å²) in [5, 5.41) is 3.00. The topological polar surface area (TPSA) is 38.3 Å². The van der Waals surface area contributed by atoms with Crippen molar-refractivity contribution in [1.82, 2.24) is 0 Å². The third kappa shape index (κ3) is 2.50. The Labute approximate surface area is 109 Å². The molecule has 1 saturated carbocycles. The van der Waals surface area contributed by atoms with Crippen LogP contribution in [0.5, 0.6) is 5.75 Å². The molecule has 0 spiro atoms. The lowest BCUT2D eigenvalue weighted by Gasteiger charge is -2.15. The summed E-state index contributed by atoms with van der Waals surface area (Å²) in [5.74, 6) is 1.37. The van der Waals surface area contributed by atoms with Gasteiger partial charge in [0.05, 0.1) is 7.11 Å². The SMILES string of the molecule is COc1ccc(NC(=O)C2(C)CC2)cc1C(C)C. The normalized spacial score (nSPS) is 16.5. The van der Waals surface area contributed by atoms with Gasteiger partial charge < -0.3 is 10.1 Å². The van der Waals surface area contributed by atoms with E-state index in [0.29, 0.717) is 5.92 Å². The van der Waals surface area contributed by atoms with E-state index in [-0.39, 0.29) is 11.3 Å². The number of hydrogen-bond acceptors (Lipinski definition) is 2. The molecule has 0 unspecified atom stereocenters. The van der Waals surface area contributed by atoms with E-state index >= 15 is 0 Å². The highest BCUT2D eigenvalue weighted by molar-refractivity contribution is 5.96. The summed E-state index contributed by atoms with van der Waals surface area (Å²) in [5.41, 5.74) is 1.84. The Kier molecular flexibility index (Phi) is 3.33. The summed E-state index contributed by atoms with van der Waals surface area (Å²) in [4.78, 5) is 12.0. The highest BCUT2D eigenvalue weighted by Crippen LogP contribution is 2.45. The second-order valence-corrected chi connectivity index (χ2v) is 5.63. The smallest absolute Gasteiger partial charge is 0.230 e. The summed E-state index contributed by atoms with van der Waals surface area (Å²) in [7, 11) is 1.67. The Hall–Kier alpha value is -1.51. The van der Waals surface area contributed by atoms with Crippen LogP contribution in [-0.2, 0) is 4.79 Å². The molecule has 1 aliphatic rings. The van der Waals surface area contributed by atoms with Gasteiger partial charge in [0.1, 0.15) is 5.75 Å². The molecule has 1 amide bonds. The summed E-state index contributed by atoms with van der Waals surface area (Å²) in [6, 6.07) is 5.82. The van der Waals surface area contributed by atoms with Crippen molar-refractivity contribution in [1.29, 1.82) is 0 Å². The zero-order valence-electron chi connectivity index (χ0n) is 11.5. The number of anilines is 1. The molecular weight excluding hydrogens is 226 g/mol. The van der Waals surface area contributed by atoms with Gasteiger partial charge in [0, 0.05) is 11.1 Å². The molecular formula is C15H21NO2. The van der Waals surface area contributed by atoms with Crippen LogP contribution < -0.4 is 10.1 Å². The van der Waals surface area contributed by atoms with Crippen molar-refractivity contribution in [3.8, 4) is 5.75 Å². The highest BCUT2D eigenvalue weighted by Gasteiger charge is 2.44. The second-order valence-electron chi connectivity index (χ2n) is 5.63. The van der Waals surface area contributed by atoms with Crippen molar-refractivity contribution in [3.05, 3.63) is 23.8 Å². The van der Waals surface area contributed by atoms with Crippen LogP contribution in [0.15, 0.2) is 18.2 Å². The van der Waals surface area contributed by atoms with Crippen LogP contribution in [0.1, 0.15) is 45.1 Å². The Balaban J connectivity index is 2.19. The number of carbonyl (C=O) groups excluding carboxylic acids is 1.